The number of rotatable bonds is 2. The highest BCUT2D eigenvalue weighted by Gasteiger charge is 2.33. The number of nitrogens with zero attached hydrogens (tertiary/aromatic N) is 2. The minimum atomic E-state index is -0.379. The average Bonchev–Trinajstić information content (AvgIpc) is 2.41. The fraction of sp³-hybridized carbons (Fsp3) is 0.467. The minimum Gasteiger partial charge on any atom is -0.329 e. The van der Waals surface area contributed by atoms with Crippen molar-refractivity contribution >= 4 is 17.5 Å². The maximum Gasteiger partial charge on any atom is 0.249 e. The van der Waals surface area contributed by atoms with Gasteiger partial charge in [-0.05, 0) is 25.0 Å². The standard InChI is InChI=1S/C15H20N2O2/c1-4-13-7-5-6-8-14(13)17-10-9-16(12(3)18)11(2)15(17)19/h5-8,11H,4,9-10H2,1-3H3. The number of hydrogen-bond acceptors (Lipinski definition) is 2. The molecule has 0 N–H and O–H groups in total. The van der Waals surface area contributed by atoms with E-state index < -0.39 is 0 Å². The second-order valence-corrected chi connectivity index (χ2v) is 4.86. The summed E-state index contributed by atoms with van der Waals surface area (Å²) in [6.07, 6.45) is 0.894. The number of piperazine rings is 1. The van der Waals surface area contributed by atoms with Crippen LogP contribution in [0.5, 0.6) is 0 Å². The summed E-state index contributed by atoms with van der Waals surface area (Å²) in [5.74, 6) is -0.0355. The lowest BCUT2D eigenvalue weighted by Crippen LogP contribution is -2.57. The molecule has 1 fully saturated rings. The Morgan fingerprint density at radius 2 is 2.00 bits per heavy atom. The summed E-state index contributed by atoms with van der Waals surface area (Å²) in [7, 11) is 0. The van der Waals surface area contributed by atoms with Gasteiger partial charge in [-0.25, -0.2) is 0 Å². The first-order valence-electron chi connectivity index (χ1n) is 6.72. The first kappa shape index (κ1) is 13.6. The second-order valence-electron chi connectivity index (χ2n) is 4.86. The van der Waals surface area contributed by atoms with E-state index in [-0.39, 0.29) is 17.9 Å². The van der Waals surface area contributed by atoms with Crippen molar-refractivity contribution in [1.82, 2.24) is 4.90 Å². The van der Waals surface area contributed by atoms with Crippen LogP contribution in [-0.4, -0.2) is 35.8 Å². The van der Waals surface area contributed by atoms with Gasteiger partial charge in [0.15, 0.2) is 0 Å². The molecule has 0 saturated carbocycles. The van der Waals surface area contributed by atoms with Crippen molar-refractivity contribution in [2.45, 2.75) is 33.2 Å². The SMILES string of the molecule is CCc1ccccc1N1CCN(C(C)=O)C(C)C1=O. The third kappa shape index (κ3) is 2.48. The van der Waals surface area contributed by atoms with Crippen LogP contribution in [0.1, 0.15) is 26.3 Å². The van der Waals surface area contributed by atoms with Crippen LogP contribution in [0.3, 0.4) is 0 Å². The number of para-hydroxylation sites is 1. The molecule has 1 unspecified atom stereocenters. The highest BCUT2D eigenvalue weighted by atomic mass is 16.2. The van der Waals surface area contributed by atoms with Crippen molar-refractivity contribution in [2.75, 3.05) is 18.0 Å². The molecule has 0 aliphatic carbocycles. The van der Waals surface area contributed by atoms with Crippen LogP contribution in [0.2, 0.25) is 0 Å². The molecule has 1 aliphatic heterocycles. The van der Waals surface area contributed by atoms with Crippen LogP contribution >= 0.6 is 0 Å². The van der Waals surface area contributed by atoms with Crippen LogP contribution in [-0.2, 0) is 16.0 Å². The van der Waals surface area contributed by atoms with Gasteiger partial charge in [0.05, 0.1) is 0 Å². The van der Waals surface area contributed by atoms with E-state index in [0.717, 1.165) is 12.1 Å². The van der Waals surface area contributed by atoms with Gasteiger partial charge in [-0.3, -0.25) is 9.59 Å². The first-order chi connectivity index (χ1) is 9.06. The molecule has 2 rings (SSSR count). The number of carbonyl (C=O) groups excluding carboxylic acids is 2. The predicted octanol–water partition coefficient (Wildman–Crippen LogP) is 1.83. The Labute approximate surface area is 114 Å². The molecule has 2 amide bonds. The zero-order chi connectivity index (χ0) is 14.0. The molecular weight excluding hydrogens is 240 g/mol. The molecule has 1 atom stereocenters. The summed E-state index contributed by atoms with van der Waals surface area (Å²) in [5, 5.41) is 0. The Bertz CT molecular complexity index is 499. The third-order valence-electron chi connectivity index (χ3n) is 3.72. The monoisotopic (exact) mass is 260 g/mol. The number of carbonyl (C=O) groups is 2. The van der Waals surface area contributed by atoms with Crippen molar-refractivity contribution in [2.24, 2.45) is 0 Å². The van der Waals surface area contributed by atoms with Gasteiger partial charge in [0, 0.05) is 25.7 Å². The van der Waals surface area contributed by atoms with Gasteiger partial charge in [-0.15, -0.1) is 0 Å². The first-order valence-corrected chi connectivity index (χ1v) is 6.72. The fourth-order valence-electron chi connectivity index (χ4n) is 2.61. The summed E-state index contributed by atoms with van der Waals surface area (Å²) in [6, 6.07) is 7.58. The molecule has 1 aliphatic rings. The molecule has 19 heavy (non-hydrogen) atoms. The van der Waals surface area contributed by atoms with Crippen molar-refractivity contribution in [3.8, 4) is 0 Å². The third-order valence-corrected chi connectivity index (χ3v) is 3.72. The van der Waals surface area contributed by atoms with E-state index in [4.69, 9.17) is 0 Å². The lowest BCUT2D eigenvalue weighted by Gasteiger charge is -2.39. The molecule has 1 saturated heterocycles. The Hall–Kier alpha value is -1.84. The Morgan fingerprint density at radius 1 is 1.32 bits per heavy atom. The van der Waals surface area contributed by atoms with Gasteiger partial charge >= 0.3 is 0 Å². The molecule has 0 spiro atoms. The highest BCUT2D eigenvalue weighted by Crippen LogP contribution is 2.24. The van der Waals surface area contributed by atoms with Crippen LogP contribution in [0, 0.1) is 0 Å². The Balaban J connectivity index is 2.28. The number of anilines is 1. The van der Waals surface area contributed by atoms with Gasteiger partial charge in [-0.1, -0.05) is 25.1 Å². The highest BCUT2D eigenvalue weighted by molar-refractivity contribution is 6.00. The van der Waals surface area contributed by atoms with Crippen molar-refractivity contribution in [1.29, 1.82) is 0 Å². The van der Waals surface area contributed by atoms with Crippen LogP contribution in [0.4, 0.5) is 5.69 Å². The minimum absolute atomic E-state index is 0.00218. The van der Waals surface area contributed by atoms with Crippen LogP contribution in [0.15, 0.2) is 24.3 Å². The van der Waals surface area contributed by atoms with Crippen molar-refractivity contribution < 1.29 is 9.59 Å². The van der Waals surface area contributed by atoms with E-state index in [0.29, 0.717) is 13.1 Å². The Kier molecular flexibility index (Phi) is 3.88. The lowest BCUT2D eigenvalue weighted by atomic mass is 10.1. The van der Waals surface area contributed by atoms with E-state index in [1.54, 1.807) is 11.8 Å². The second kappa shape index (κ2) is 5.43. The zero-order valence-corrected chi connectivity index (χ0v) is 11.7. The maximum absolute atomic E-state index is 12.4. The number of benzene rings is 1. The van der Waals surface area contributed by atoms with Crippen molar-refractivity contribution in [3.05, 3.63) is 29.8 Å². The van der Waals surface area contributed by atoms with Gasteiger partial charge in [-0.2, -0.15) is 0 Å². The molecule has 1 aromatic carbocycles. The van der Waals surface area contributed by atoms with E-state index in [1.165, 1.54) is 12.5 Å². The number of hydrogen-bond donors (Lipinski definition) is 0. The van der Waals surface area contributed by atoms with E-state index >= 15 is 0 Å². The topological polar surface area (TPSA) is 40.6 Å². The van der Waals surface area contributed by atoms with Crippen LogP contribution in [0.25, 0.3) is 0 Å². The molecule has 4 nitrogen and oxygen atoms in total. The summed E-state index contributed by atoms with van der Waals surface area (Å²) in [6.45, 7) is 6.56. The van der Waals surface area contributed by atoms with Gasteiger partial charge in [0.1, 0.15) is 6.04 Å². The molecule has 1 aromatic rings. The number of aryl methyl sites for hydroxylation is 1. The maximum atomic E-state index is 12.4. The summed E-state index contributed by atoms with van der Waals surface area (Å²) in [4.78, 5) is 27.4. The van der Waals surface area contributed by atoms with Gasteiger partial charge < -0.3 is 9.80 Å². The molecule has 0 bridgehead atoms. The Morgan fingerprint density at radius 3 is 2.63 bits per heavy atom. The molecule has 4 heteroatoms. The summed E-state index contributed by atoms with van der Waals surface area (Å²) in [5.41, 5.74) is 2.14. The molecule has 102 valence electrons. The molecular formula is C15H20N2O2. The molecule has 0 radical (unpaired) electrons. The molecule has 1 heterocycles. The van der Waals surface area contributed by atoms with E-state index in [1.807, 2.05) is 29.2 Å². The van der Waals surface area contributed by atoms with E-state index in [2.05, 4.69) is 6.92 Å². The summed E-state index contributed by atoms with van der Waals surface area (Å²) < 4.78 is 0. The summed E-state index contributed by atoms with van der Waals surface area (Å²) >= 11 is 0. The lowest BCUT2D eigenvalue weighted by molar-refractivity contribution is -0.139. The van der Waals surface area contributed by atoms with Crippen molar-refractivity contribution in [3.63, 3.8) is 0 Å². The molecule has 0 aromatic heterocycles. The zero-order valence-electron chi connectivity index (χ0n) is 11.7. The van der Waals surface area contributed by atoms with Crippen LogP contribution < -0.4 is 4.90 Å². The largest absolute Gasteiger partial charge is 0.329 e. The fourth-order valence-corrected chi connectivity index (χ4v) is 2.61. The predicted molar refractivity (Wildman–Crippen MR) is 75.0 cm³/mol. The number of amides is 2. The smallest absolute Gasteiger partial charge is 0.249 e. The van der Waals surface area contributed by atoms with Gasteiger partial charge in [0.25, 0.3) is 0 Å². The quantitative estimate of drug-likeness (QED) is 0.814. The average molecular weight is 260 g/mol. The van der Waals surface area contributed by atoms with Gasteiger partial charge in [0.2, 0.25) is 11.8 Å². The normalized spacial score (nSPS) is 19.7. The van der Waals surface area contributed by atoms with E-state index in [9.17, 15) is 9.59 Å².